The molecule has 4 amide bonds. The van der Waals surface area contributed by atoms with Gasteiger partial charge in [-0.2, -0.15) is 12.6 Å². The van der Waals surface area contributed by atoms with Crippen LogP contribution in [-0.2, 0) is 24.0 Å². The van der Waals surface area contributed by atoms with E-state index in [-0.39, 0.29) is 17.7 Å². The first-order chi connectivity index (χ1) is 12.2. The molecule has 0 aliphatic carbocycles. The van der Waals surface area contributed by atoms with Gasteiger partial charge in [-0.05, 0) is 19.4 Å². The number of rotatable bonds is 10. The predicted molar refractivity (Wildman–Crippen MR) is 93.2 cm³/mol. The molecule has 0 aromatic heterocycles. The average Bonchev–Trinajstić information content (AvgIpc) is 3.10. The maximum atomic E-state index is 12.1. The first kappa shape index (κ1) is 21.7. The highest BCUT2D eigenvalue weighted by atomic mass is 32.1. The van der Waals surface area contributed by atoms with Crippen molar-refractivity contribution >= 4 is 42.2 Å². The molecule has 3 unspecified atom stereocenters. The van der Waals surface area contributed by atoms with Crippen molar-refractivity contribution in [3.63, 3.8) is 0 Å². The van der Waals surface area contributed by atoms with Gasteiger partial charge in [-0.25, -0.2) is 4.79 Å². The topological polar surface area (TPSA) is 180 Å². The Hall–Kier alpha value is -2.34. The summed E-state index contributed by atoms with van der Waals surface area (Å²) in [6, 6.07) is -3.01. The largest absolute Gasteiger partial charge is 0.480 e. The van der Waals surface area contributed by atoms with E-state index in [0.717, 1.165) is 13.0 Å². The monoisotopic (exact) mass is 389 g/mol. The molecule has 1 saturated heterocycles. The molecule has 11 nitrogen and oxygen atoms in total. The van der Waals surface area contributed by atoms with Crippen LogP contribution in [0.1, 0.15) is 19.3 Å². The number of primary amides is 1. The minimum Gasteiger partial charge on any atom is -0.480 e. The van der Waals surface area contributed by atoms with Gasteiger partial charge < -0.3 is 32.1 Å². The highest BCUT2D eigenvalue weighted by molar-refractivity contribution is 7.80. The summed E-state index contributed by atoms with van der Waals surface area (Å²) in [7, 11) is 0. The lowest BCUT2D eigenvalue weighted by molar-refractivity contribution is -0.141. The Bertz CT molecular complexity index is 566. The Balaban J connectivity index is 2.57. The highest BCUT2D eigenvalue weighted by Crippen LogP contribution is 2.04. The molecule has 1 heterocycles. The van der Waals surface area contributed by atoms with Gasteiger partial charge in [0.1, 0.15) is 12.1 Å². The van der Waals surface area contributed by atoms with Crippen LogP contribution in [0.5, 0.6) is 0 Å². The minimum atomic E-state index is -1.36. The zero-order valence-corrected chi connectivity index (χ0v) is 14.9. The molecule has 12 heteroatoms. The summed E-state index contributed by atoms with van der Waals surface area (Å²) in [5.74, 6) is -4.29. The third-order valence-corrected chi connectivity index (χ3v) is 4.02. The van der Waals surface area contributed by atoms with Gasteiger partial charge in [0.25, 0.3) is 0 Å². The lowest BCUT2D eigenvalue weighted by atomic mass is 10.1. The summed E-state index contributed by atoms with van der Waals surface area (Å²) < 4.78 is 0. The second-order valence-corrected chi connectivity index (χ2v) is 6.10. The maximum absolute atomic E-state index is 12.1. The molecule has 1 rings (SSSR count). The van der Waals surface area contributed by atoms with Crippen molar-refractivity contribution in [2.75, 3.05) is 18.8 Å². The second kappa shape index (κ2) is 10.6. The van der Waals surface area contributed by atoms with Crippen molar-refractivity contribution in [2.45, 2.75) is 37.4 Å². The molecule has 26 heavy (non-hydrogen) atoms. The van der Waals surface area contributed by atoms with Gasteiger partial charge in [0.05, 0.1) is 19.0 Å². The van der Waals surface area contributed by atoms with Crippen LogP contribution in [0.25, 0.3) is 0 Å². The number of thiol groups is 1. The quantitative estimate of drug-likeness (QED) is 0.191. The number of nitrogens with two attached hydrogens (primary N) is 1. The number of hydrogen-bond donors (Lipinski definition) is 7. The van der Waals surface area contributed by atoms with Crippen molar-refractivity contribution in [2.24, 2.45) is 5.73 Å². The summed E-state index contributed by atoms with van der Waals surface area (Å²) in [5, 5.41) is 18.7. The Morgan fingerprint density at radius 2 is 1.88 bits per heavy atom. The smallest absolute Gasteiger partial charge is 0.327 e. The first-order valence-corrected chi connectivity index (χ1v) is 8.60. The first-order valence-electron chi connectivity index (χ1n) is 7.97. The third kappa shape index (κ3) is 7.27. The van der Waals surface area contributed by atoms with Crippen LogP contribution in [0.2, 0.25) is 0 Å². The number of nitrogens with one attached hydrogen (secondary N) is 4. The van der Waals surface area contributed by atoms with Crippen molar-refractivity contribution < 1.29 is 29.1 Å². The van der Waals surface area contributed by atoms with E-state index in [1.165, 1.54) is 0 Å². The van der Waals surface area contributed by atoms with Crippen LogP contribution in [0, 0.1) is 0 Å². The zero-order valence-electron chi connectivity index (χ0n) is 14.0. The molecule has 1 aliphatic heterocycles. The fourth-order valence-corrected chi connectivity index (χ4v) is 2.56. The van der Waals surface area contributed by atoms with E-state index < -0.39 is 48.7 Å². The fourth-order valence-electron chi connectivity index (χ4n) is 2.31. The Morgan fingerprint density at radius 1 is 1.19 bits per heavy atom. The number of carbonyl (C=O) groups is 5. The van der Waals surface area contributed by atoms with Crippen LogP contribution in [-0.4, -0.2) is 71.7 Å². The molecule has 0 aromatic rings. The summed E-state index contributed by atoms with van der Waals surface area (Å²) in [6.45, 7) is 0.329. The average molecular weight is 389 g/mol. The zero-order chi connectivity index (χ0) is 19.7. The molecule has 1 aliphatic rings. The lowest BCUT2D eigenvalue weighted by Gasteiger charge is -2.20. The number of aliphatic carboxylic acids is 1. The highest BCUT2D eigenvalue weighted by Gasteiger charge is 2.28. The van der Waals surface area contributed by atoms with Crippen LogP contribution in [0.3, 0.4) is 0 Å². The molecule has 1 fully saturated rings. The molecule has 0 saturated carbocycles. The number of carboxylic acid groups (broad SMARTS) is 1. The number of hydrogen-bond acceptors (Lipinski definition) is 7. The number of carboxylic acids is 1. The van der Waals surface area contributed by atoms with Crippen LogP contribution < -0.4 is 27.0 Å². The fraction of sp³-hybridized carbons (Fsp3) is 0.643. The third-order valence-electron chi connectivity index (χ3n) is 3.65. The van der Waals surface area contributed by atoms with Crippen molar-refractivity contribution in [3.05, 3.63) is 0 Å². The second-order valence-electron chi connectivity index (χ2n) is 5.74. The normalized spacial score (nSPS) is 18.4. The number of amides is 4. The van der Waals surface area contributed by atoms with Crippen molar-refractivity contribution in [1.29, 1.82) is 0 Å². The molecule has 3 atom stereocenters. The van der Waals surface area contributed by atoms with Gasteiger partial charge in [0, 0.05) is 5.75 Å². The molecular formula is C14H23N5O6S. The number of carbonyl (C=O) groups excluding carboxylic acids is 4. The standard InChI is InChI=1S/C14H23N5O6S/c15-10(20)4-8(13(23)19-9(6-26)14(24)25)18-11(21)5-17-12(22)7-2-1-3-16-7/h7-9,16,26H,1-6H2,(H2,15,20)(H,17,22)(H,18,21)(H,19,23)(H,24,25). The van der Waals surface area contributed by atoms with E-state index >= 15 is 0 Å². The van der Waals surface area contributed by atoms with Gasteiger partial charge >= 0.3 is 5.97 Å². The van der Waals surface area contributed by atoms with E-state index in [2.05, 4.69) is 33.9 Å². The molecule has 0 bridgehead atoms. The van der Waals surface area contributed by atoms with E-state index in [1.807, 2.05) is 0 Å². The Kier molecular flexibility index (Phi) is 8.85. The minimum absolute atomic E-state index is 0.178. The molecule has 0 aromatic carbocycles. The summed E-state index contributed by atoms with van der Waals surface area (Å²) in [4.78, 5) is 57.9. The van der Waals surface area contributed by atoms with Gasteiger partial charge in [-0.15, -0.1) is 0 Å². The predicted octanol–water partition coefficient (Wildman–Crippen LogP) is -3.29. The molecule has 7 N–H and O–H groups in total. The van der Waals surface area contributed by atoms with E-state index in [1.54, 1.807) is 0 Å². The van der Waals surface area contributed by atoms with E-state index in [4.69, 9.17) is 10.8 Å². The summed E-state index contributed by atoms with van der Waals surface area (Å²) >= 11 is 3.81. The van der Waals surface area contributed by atoms with Gasteiger partial charge in [-0.1, -0.05) is 0 Å². The van der Waals surface area contributed by atoms with E-state index in [0.29, 0.717) is 6.42 Å². The lowest BCUT2D eigenvalue weighted by Crippen LogP contribution is -2.55. The molecule has 0 spiro atoms. The molecular weight excluding hydrogens is 366 g/mol. The Morgan fingerprint density at radius 3 is 2.38 bits per heavy atom. The molecule has 146 valence electrons. The van der Waals surface area contributed by atoms with Crippen molar-refractivity contribution in [1.82, 2.24) is 21.3 Å². The van der Waals surface area contributed by atoms with Gasteiger partial charge in [-0.3, -0.25) is 19.2 Å². The molecule has 0 radical (unpaired) electrons. The van der Waals surface area contributed by atoms with E-state index in [9.17, 15) is 24.0 Å². The summed E-state index contributed by atoms with van der Waals surface area (Å²) in [5.41, 5.74) is 5.06. The van der Waals surface area contributed by atoms with Crippen molar-refractivity contribution in [3.8, 4) is 0 Å². The van der Waals surface area contributed by atoms with Gasteiger partial charge in [0.2, 0.25) is 23.6 Å². The maximum Gasteiger partial charge on any atom is 0.327 e. The summed E-state index contributed by atoms with van der Waals surface area (Å²) in [6.07, 6.45) is 1.01. The SMILES string of the molecule is NC(=O)CC(NC(=O)CNC(=O)C1CCCN1)C(=O)NC(CS)C(=O)O. The van der Waals surface area contributed by atoms with Crippen LogP contribution in [0.15, 0.2) is 0 Å². The van der Waals surface area contributed by atoms with Gasteiger partial charge in [0.15, 0.2) is 0 Å². The van der Waals surface area contributed by atoms with Crippen LogP contribution >= 0.6 is 12.6 Å². The Labute approximate surface area is 155 Å². The van der Waals surface area contributed by atoms with Crippen LogP contribution in [0.4, 0.5) is 0 Å².